The first kappa shape index (κ1) is 13.3. The van der Waals surface area contributed by atoms with E-state index in [-0.39, 0.29) is 11.8 Å². The van der Waals surface area contributed by atoms with E-state index in [0.29, 0.717) is 22.7 Å². The van der Waals surface area contributed by atoms with E-state index >= 15 is 0 Å². The Kier molecular flexibility index (Phi) is 3.17. The minimum Gasteiger partial charge on any atom is -0.468 e. The van der Waals surface area contributed by atoms with Gasteiger partial charge in [-0.25, -0.2) is 4.99 Å². The van der Waals surface area contributed by atoms with Crippen molar-refractivity contribution in [2.75, 3.05) is 0 Å². The van der Waals surface area contributed by atoms with E-state index in [9.17, 15) is 9.59 Å². The quantitative estimate of drug-likeness (QED) is 0.752. The molecule has 1 aromatic carbocycles. The molecule has 2 heterocycles. The molecule has 0 saturated heterocycles. The fourth-order valence-electron chi connectivity index (χ4n) is 2.44. The molecule has 106 valence electrons. The summed E-state index contributed by atoms with van der Waals surface area (Å²) >= 11 is 0. The number of aromatic nitrogens is 1. The SMILES string of the molecule is Cc1c(C=O)ccc2c1C(n1ccccc1=O)=NC(C)O2. The Morgan fingerprint density at radius 3 is 2.81 bits per heavy atom. The topological polar surface area (TPSA) is 60.7 Å². The number of fused-ring (bicyclic) bond motifs is 1. The number of aliphatic imine (C=N–C) groups is 1. The van der Waals surface area contributed by atoms with Crippen molar-refractivity contribution in [3.63, 3.8) is 0 Å². The summed E-state index contributed by atoms with van der Waals surface area (Å²) in [7, 11) is 0. The Bertz CT molecular complexity index is 805. The number of rotatable bonds is 1. The van der Waals surface area contributed by atoms with Gasteiger partial charge in [-0.3, -0.25) is 14.2 Å². The summed E-state index contributed by atoms with van der Waals surface area (Å²) in [4.78, 5) is 27.6. The monoisotopic (exact) mass is 282 g/mol. The third kappa shape index (κ3) is 2.16. The van der Waals surface area contributed by atoms with Gasteiger partial charge in [0.05, 0.1) is 5.56 Å². The summed E-state index contributed by atoms with van der Waals surface area (Å²) < 4.78 is 7.16. The van der Waals surface area contributed by atoms with Crippen LogP contribution in [0.4, 0.5) is 0 Å². The zero-order chi connectivity index (χ0) is 15.0. The van der Waals surface area contributed by atoms with Crippen LogP contribution in [0.5, 0.6) is 5.75 Å². The lowest BCUT2D eigenvalue weighted by molar-refractivity contribution is 0.112. The van der Waals surface area contributed by atoms with E-state index in [2.05, 4.69) is 4.99 Å². The van der Waals surface area contributed by atoms with Crippen molar-refractivity contribution in [3.8, 4) is 5.75 Å². The van der Waals surface area contributed by atoms with Gasteiger partial charge in [0.1, 0.15) is 17.9 Å². The highest BCUT2D eigenvalue weighted by Crippen LogP contribution is 2.30. The van der Waals surface area contributed by atoms with Crippen LogP contribution >= 0.6 is 0 Å². The number of carbonyl (C=O) groups is 1. The normalized spacial score (nSPS) is 16.7. The lowest BCUT2D eigenvalue weighted by atomic mass is 10.00. The zero-order valence-electron chi connectivity index (χ0n) is 11.7. The molecule has 2 aromatic rings. The Morgan fingerprint density at radius 1 is 1.29 bits per heavy atom. The molecule has 0 N–H and O–H groups in total. The molecule has 0 fully saturated rings. The molecule has 0 saturated carbocycles. The molecule has 5 heteroatoms. The second-order valence-electron chi connectivity index (χ2n) is 4.85. The number of ether oxygens (including phenoxy) is 1. The maximum atomic E-state index is 12.1. The van der Waals surface area contributed by atoms with Crippen LogP contribution in [0, 0.1) is 6.92 Å². The number of hydrogen-bond donors (Lipinski definition) is 0. The number of carbonyl (C=O) groups excluding carboxylic acids is 1. The van der Waals surface area contributed by atoms with Crippen molar-refractivity contribution < 1.29 is 9.53 Å². The van der Waals surface area contributed by atoms with Crippen LogP contribution in [0.1, 0.15) is 28.4 Å². The molecule has 0 aliphatic carbocycles. The smallest absolute Gasteiger partial charge is 0.256 e. The summed E-state index contributed by atoms with van der Waals surface area (Å²) in [5.41, 5.74) is 1.82. The van der Waals surface area contributed by atoms with Crippen molar-refractivity contribution in [3.05, 3.63) is 63.6 Å². The van der Waals surface area contributed by atoms with Crippen LogP contribution in [0.25, 0.3) is 0 Å². The Hall–Kier alpha value is -2.69. The molecular weight excluding hydrogens is 268 g/mol. The molecule has 1 aliphatic heterocycles. The van der Waals surface area contributed by atoms with Crippen LogP contribution in [0.3, 0.4) is 0 Å². The second kappa shape index (κ2) is 5.01. The predicted octanol–water partition coefficient (Wildman–Crippen LogP) is 2.00. The molecule has 0 radical (unpaired) electrons. The summed E-state index contributed by atoms with van der Waals surface area (Å²) in [5, 5.41) is 0. The molecular formula is C16H14N2O3. The lowest BCUT2D eigenvalue weighted by Gasteiger charge is -2.25. The zero-order valence-corrected chi connectivity index (χ0v) is 11.7. The van der Waals surface area contributed by atoms with E-state index in [1.54, 1.807) is 37.4 Å². The van der Waals surface area contributed by atoms with Crippen LogP contribution in [0.15, 0.2) is 46.3 Å². The molecule has 5 nitrogen and oxygen atoms in total. The largest absolute Gasteiger partial charge is 0.468 e. The first-order valence-electron chi connectivity index (χ1n) is 6.63. The molecule has 1 unspecified atom stereocenters. The third-order valence-electron chi connectivity index (χ3n) is 3.47. The van der Waals surface area contributed by atoms with E-state index in [1.165, 1.54) is 10.6 Å². The maximum absolute atomic E-state index is 12.1. The number of nitrogens with zero attached hydrogens (tertiary/aromatic N) is 2. The predicted molar refractivity (Wildman–Crippen MR) is 79.3 cm³/mol. The summed E-state index contributed by atoms with van der Waals surface area (Å²) in [6.45, 7) is 3.63. The highest BCUT2D eigenvalue weighted by molar-refractivity contribution is 6.06. The molecule has 3 rings (SSSR count). The van der Waals surface area contributed by atoms with Crippen molar-refractivity contribution in [2.45, 2.75) is 20.1 Å². The van der Waals surface area contributed by atoms with Crippen molar-refractivity contribution in [1.82, 2.24) is 4.57 Å². The van der Waals surface area contributed by atoms with Crippen LogP contribution in [-0.4, -0.2) is 22.9 Å². The average molecular weight is 282 g/mol. The fraction of sp³-hybridized carbons (Fsp3) is 0.188. The van der Waals surface area contributed by atoms with Crippen molar-refractivity contribution >= 4 is 12.1 Å². The standard InChI is InChI=1S/C16H14N2O3/c1-10-12(9-19)6-7-13-15(10)16(17-11(2)21-13)18-8-4-3-5-14(18)20/h3-9,11H,1-2H3. The summed E-state index contributed by atoms with van der Waals surface area (Å²) in [6, 6.07) is 8.37. The minimum atomic E-state index is -0.388. The van der Waals surface area contributed by atoms with E-state index in [1.807, 2.05) is 6.92 Å². The molecule has 0 amide bonds. The Labute approximate surface area is 121 Å². The van der Waals surface area contributed by atoms with Gasteiger partial charge in [0.2, 0.25) is 0 Å². The first-order valence-corrected chi connectivity index (χ1v) is 6.63. The fourth-order valence-corrected chi connectivity index (χ4v) is 2.44. The maximum Gasteiger partial charge on any atom is 0.256 e. The van der Waals surface area contributed by atoms with Crippen LogP contribution < -0.4 is 10.3 Å². The van der Waals surface area contributed by atoms with Gasteiger partial charge in [-0.1, -0.05) is 6.07 Å². The number of benzene rings is 1. The van der Waals surface area contributed by atoms with Crippen LogP contribution in [-0.2, 0) is 0 Å². The summed E-state index contributed by atoms with van der Waals surface area (Å²) in [5.74, 6) is 1.14. The minimum absolute atomic E-state index is 0.174. The van der Waals surface area contributed by atoms with Gasteiger partial charge in [0.15, 0.2) is 6.23 Å². The first-order chi connectivity index (χ1) is 10.1. The molecule has 1 aliphatic rings. The number of pyridine rings is 1. The highest BCUT2D eigenvalue weighted by atomic mass is 16.5. The van der Waals surface area contributed by atoms with Gasteiger partial charge >= 0.3 is 0 Å². The van der Waals surface area contributed by atoms with E-state index in [0.717, 1.165) is 11.8 Å². The second-order valence-corrected chi connectivity index (χ2v) is 4.85. The van der Waals surface area contributed by atoms with Gasteiger partial charge in [0.25, 0.3) is 5.56 Å². The Morgan fingerprint density at radius 2 is 2.10 bits per heavy atom. The number of hydrogen-bond acceptors (Lipinski definition) is 4. The van der Waals surface area contributed by atoms with E-state index < -0.39 is 0 Å². The van der Waals surface area contributed by atoms with Gasteiger partial charge in [-0.15, -0.1) is 0 Å². The summed E-state index contributed by atoms with van der Waals surface area (Å²) in [6.07, 6.45) is 2.07. The van der Waals surface area contributed by atoms with Crippen molar-refractivity contribution in [1.29, 1.82) is 0 Å². The van der Waals surface area contributed by atoms with Crippen LogP contribution in [0.2, 0.25) is 0 Å². The third-order valence-corrected chi connectivity index (χ3v) is 3.47. The van der Waals surface area contributed by atoms with Gasteiger partial charge in [-0.05, 0) is 37.6 Å². The van der Waals surface area contributed by atoms with Gasteiger partial charge in [0, 0.05) is 17.8 Å². The molecule has 1 aromatic heterocycles. The average Bonchev–Trinajstić information content (AvgIpc) is 2.47. The highest BCUT2D eigenvalue weighted by Gasteiger charge is 2.24. The molecule has 0 spiro atoms. The molecule has 0 bridgehead atoms. The number of aldehydes is 1. The lowest BCUT2D eigenvalue weighted by Crippen LogP contribution is -2.32. The molecule has 1 atom stereocenters. The Balaban J connectivity index is 2.30. The van der Waals surface area contributed by atoms with Crippen molar-refractivity contribution in [2.24, 2.45) is 4.99 Å². The van der Waals surface area contributed by atoms with E-state index in [4.69, 9.17) is 4.74 Å². The van der Waals surface area contributed by atoms with Gasteiger partial charge < -0.3 is 4.74 Å². The van der Waals surface area contributed by atoms with Gasteiger partial charge in [-0.2, -0.15) is 0 Å². The molecule has 21 heavy (non-hydrogen) atoms.